The standard InChI is InChI=1S/C13H20BrNO2/c1-4-9(2)8-17-13-11(14)5-10(7-15)6-12(13)16-3/h5-6,9H,4,7-8,15H2,1-3H3. The number of methoxy groups -OCH3 is 1. The Morgan fingerprint density at radius 2 is 2.12 bits per heavy atom. The van der Waals surface area contributed by atoms with Crippen LogP contribution in [0.1, 0.15) is 25.8 Å². The van der Waals surface area contributed by atoms with Crippen LogP contribution in [0.5, 0.6) is 11.5 Å². The molecule has 0 aliphatic carbocycles. The zero-order valence-electron chi connectivity index (χ0n) is 10.6. The van der Waals surface area contributed by atoms with Crippen LogP contribution in [0.2, 0.25) is 0 Å². The predicted molar refractivity (Wildman–Crippen MR) is 73.5 cm³/mol. The molecule has 4 heteroatoms. The molecule has 0 heterocycles. The summed E-state index contributed by atoms with van der Waals surface area (Å²) < 4.78 is 12.0. The van der Waals surface area contributed by atoms with Gasteiger partial charge in [-0.2, -0.15) is 0 Å². The van der Waals surface area contributed by atoms with Gasteiger partial charge in [0.1, 0.15) is 0 Å². The van der Waals surface area contributed by atoms with E-state index in [2.05, 4.69) is 29.8 Å². The average Bonchev–Trinajstić information content (AvgIpc) is 2.35. The summed E-state index contributed by atoms with van der Waals surface area (Å²) in [7, 11) is 1.64. The highest BCUT2D eigenvalue weighted by molar-refractivity contribution is 9.10. The molecular formula is C13H20BrNO2. The Bertz CT molecular complexity index is 369. The van der Waals surface area contributed by atoms with E-state index < -0.39 is 0 Å². The topological polar surface area (TPSA) is 44.5 Å². The third-order valence-electron chi connectivity index (χ3n) is 2.73. The molecule has 1 rings (SSSR count). The summed E-state index contributed by atoms with van der Waals surface area (Å²) in [5, 5.41) is 0. The zero-order chi connectivity index (χ0) is 12.8. The molecule has 96 valence electrons. The summed E-state index contributed by atoms with van der Waals surface area (Å²) in [6.45, 7) is 5.49. The van der Waals surface area contributed by atoms with Crippen LogP contribution in [0.15, 0.2) is 16.6 Å². The van der Waals surface area contributed by atoms with Crippen LogP contribution in [0.3, 0.4) is 0 Å². The summed E-state index contributed by atoms with van der Waals surface area (Å²) in [6, 6.07) is 3.88. The van der Waals surface area contributed by atoms with Crippen LogP contribution in [-0.4, -0.2) is 13.7 Å². The fraction of sp³-hybridized carbons (Fsp3) is 0.538. The second-order valence-corrected chi connectivity index (χ2v) is 4.99. The van der Waals surface area contributed by atoms with Gasteiger partial charge in [-0.1, -0.05) is 20.3 Å². The Labute approximate surface area is 111 Å². The minimum absolute atomic E-state index is 0.487. The van der Waals surface area contributed by atoms with Gasteiger partial charge in [-0.3, -0.25) is 0 Å². The lowest BCUT2D eigenvalue weighted by atomic mass is 10.1. The molecule has 0 saturated carbocycles. The van der Waals surface area contributed by atoms with Crippen LogP contribution in [0.4, 0.5) is 0 Å². The monoisotopic (exact) mass is 301 g/mol. The van der Waals surface area contributed by atoms with Gasteiger partial charge in [0.25, 0.3) is 0 Å². The first-order valence-corrected chi connectivity index (χ1v) is 6.60. The quantitative estimate of drug-likeness (QED) is 0.876. The minimum Gasteiger partial charge on any atom is -0.493 e. The predicted octanol–water partition coefficient (Wildman–Crippen LogP) is 3.34. The summed E-state index contributed by atoms with van der Waals surface area (Å²) in [4.78, 5) is 0. The Kier molecular flexibility index (Phi) is 5.78. The summed E-state index contributed by atoms with van der Waals surface area (Å²) in [6.07, 6.45) is 1.10. The van der Waals surface area contributed by atoms with E-state index in [1.165, 1.54) is 0 Å². The third-order valence-corrected chi connectivity index (χ3v) is 3.32. The molecule has 0 amide bonds. The molecule has 17 heavy (non-hydrogen) atoms. The van der Waals surface area contributed by atoms with Gasteiger partial charge >= 0.3 is 0 Å². The van der Waals surface area contributed by atoms with Gasteiger partial charge in [0.15, 0.2) is 11.5 Å². The maximum Gasteiger partial charge on any atom is 0.175 e. The van der Waals surface area contributed by atoms with E-state index in [4.69, 9.17) is 15.2 Å². The van der Waals surface area contributed by atoms with E-state index in [0.29, 0.717) is 19.1 Å². The van der Waals surface area contributed by atoms with E-state index in [0.717, 1.165) is 28.0 Å². The van der Waals surface area contributed by atoms with Crippen LogP contribution < -0.4 is 15.2 Å². The van der Waals surface area contributed by atoms with E-state index in [1.54, 1.807) is 7.11 Å². The molecule has 1 atom stereocenters. The smallest absolute Gasteiger partial charge is 0.175 e. The van der Waals surface area contributed by atoms with Crippen molar-refractivity contribution in [3.63, 3.8) is 0 Å². The summed E-state index contributed by atoms with van der Waals surface area (Å²) >= 11 is 3.49. The molecule has 1 unspecified atom stereocenters. The first-order chi connectivity index (χ1) is 8.12. The van der Waals surface area contributed by atoms with Gasteiger partial charge < -0.3 is 15.2 Å². The molecule has 0 spiro atoms. The molecule has 0 saturated heterocycles. The molecule has 0 aromatic heterocycles. The number of nitrogens with two attached hydrogens (primary N) is 1. The molecular weight excluding hydrogens is 282 g/mol. The number of rotatable bonds is 6. The van der Waals surface area contributed by atoms with E-state index in [1.807, 2.05) is 12.1 Å². The van der Waals surface area contributed by atoms with Crippen LogP contribution in [-0.2, 0) is 6.54 Å². The maximum absolute atomic E-state index is 5.80. The van der Waals surface area contributed by atoms with Crippen molar-refractivity contribution in [3.8, 4) is 11.5 Å². The lowest BCUT2D eigenvalue weighted by molar-refractivity contribution is 0.243. The highest BCUT2D eigenvalue weighted by Crippen LogP contribution is 2.36. The highest BCUT2D eigenvalue weighted by atomic mass is 79.9. The molecule has 0 aliphatic rings. The molecule has 0 fully saturated rings. The average molecular weight is 302 g/mol. The number of hydrogen-bond donors (Lipinski definition) is 1. The van der Waals surface area contributed by atoms with Crippen molar-refractivity contribution in [2.24, 2.45) is 11.7 Å². The van der Waals surface area contributed by atoms with Gasteiger partial charge in [0, 0.05) is 6.54 Å². The van der Waals surface area contributed by atoms with Crippen molar-refractivity contribution in [2.75, 3.05) is 13.7 Å². The Balaban J connectivity index is 2.89. The van der Waals surface area contributed by atoms with Crippen LogP contribution in [0.25, 0.3) is 0 Å². The summed E-state index contributed by atoms with van der Waals surface area (Å²) in [5.41, 5.74) is 6.64. The second-order valence-electron chi connectivity index (χ2n) is 4.14. The normalized spacial score (nSPS) is 12.3. The fourth-order valence-corrected chi connectivity index (χ4v) is 1.98. The van der Waals surface area contributed by atoms with Crippen LogP contribution >= 0.6 is 15.9 Å². The van der Waals surface area contributed by atoms with E-state index in [9.17, 15) is 0 Å². The first-order valence-electron chi connectivity index (χ1n) is 5.81. The largest absolute Gasteiger partial charge is 0.493 e. The number of ether oxygens (including phenoxy) is 2. The van der Waals surface area contributed by atoms with Crippen molar-refractivity contribution in [3.05, 3.63) is 22.2 Å². The second kappa shape index (κ2) is 6.87. The highest BCUT2D eigenvalue weighted by Gasteiger charge is 2.12. The molecule has 1 aromatic rings. The fourth-order valence-electron chi connectivity index (χ4n) is 1.37. The lowest BCUT2D eigenvalue weighted by Gasteiger charge is -2.16. The number of benzene rings is 1. The van der Waals surface area contributed by atoms with Crippen molar-refractivity contribution in [1.29, 1.82) is 0 Å². The Morgan fingerprint density at radius 3 is 2.65 bits per heavy atom. The molecule has 1 aromatic carbocycles. The van der Waals surface area contributed by atoms with Gasteiger partial charge in [-0.15, -0.1) is 0 Å². The number of hydrogen-bond acceptors (Lipinski definition) is 3. The van der Waals surface area contributed by atoms with Crippen LogP contribution in [0, 0.1) is 5.92 Å². The van der Waals surface area contributed by atoms with Gasteiger partial charge in [0.2, 0.25) is 0 Å². The van der Waals surface area contributed by atoms with Gasteiger partial charge in [0.05, 0.1) is 18.2 Å². The van der Waals surface area contributed by atoms with Crippen molar-refractivity contribution in [1.82, 2.24) is 0 Å². The van der Waals surface area contributed by atoms with Gasteiger partial charge in [-0.05, 0) is 39.5 Å². The molecule has 0 bridgehead atoms. The zero-order valence-corrected chi connectivity index (χ0v) is 12.2. The summed E-state index contributed by atoms with van der Waals surface area (Å²) in [5.74, 6) is 2.01. The number of halogens is 1. The van der Waals surface area contributed by atoms with Gasteiger partial charge in [-0.25, -0.2) is 0 Å². The lowest BCUT2D eigenvalue weighted by Crippen LogP contribution is -2.09. The Morgan fingerprint density at radius 1 is 1.41 bits per heavy atom. The first kappa shape index (κ1) is 14.3. The maximum atomic E-state index is 5.80. The molecule has 2 N–H and O–H groups in total. The van der Waals surface area contributed by atoms with Crippen molar-refractivity contribution < 1.29 is 9.47 Å². The minimum atomic E-state index is 0.487. The molecule has 3 nitrogen and oxygen atoms in total. The van der Waals surface area contributed by atoms with E-state index >= 15 is 0 Å². The molecule has 0 aliphatic heterocycles. The van der Waals surface area contributed by atoms with E-state index in [-0.39, 0.29) is 0 Å². The SMILES string of the molecule is CCC(C)COc1c(Br)cc(CN)cc1OC. The van der Waals surface area contributed by atoms with Crippen molar-refractivity contribution >= 4 is 15.9 Å². The third kappa shape index (κ3) is 3.89. The molecule has 0 radical (unpaired) electrons. The Hall–Kier alpha value is -0.740. The van der Waals surface area contributed by atoms with Crippen molar-refractivity contribution in [2.45, 2.75) is 26.8 Å².